The number of aromatic nitrogens is 2. The standard InChI is InChI=1S/C18H21N3OS/c1-12-11-23-17(20-12)16-6-2-3-8-21(16)18(22)15-9-14(15)13-5-4-7-19-10-13/h4-5,7,10-11,14-16H,2-3,6,8-9H2,1H3/t14-,15-,16+/m1/s1. The molecule has 2 fully saturated rings. The molecule has 1 saturated heterocycles. The minimum Gasteiger partial charge on any atom is -0.333 e. The van der Waals surface area contributed by atoms with Crippen LogP contribution in [0.4, 0.5) is 0 Å². The average Bonchev–Trinajstić information content (AvgIpc) is 3.29. The summed E-state index contributed by atoms with van der Waals surface area (Å²) in [6, 6.07) is 4.23. The molecule has 5 heteroatoms. The smallest absolute Gasteiger partial charge is 0.226 e. The highest BCUT2D eigenvalue weighted by molar-refractivity contribution is 7.09. The van der Waals surface area contributed by atoms with Gasteiger partial charge in [-0.2, -0.15) is 0 Å². The largest absolute Gasteiger partial charge is 0.333 e. The van der Waals surface area contributed by atoms with E-state index in [0.29, 0.717) is 11.8 Å². The van der Waals surface area contributed by atoms with Crippen LogP contribution in [-0.4, -0.2) is 27.3 Å². The van der Waals surface area contributed by atoms with Crippen LogP contribution >= 0.6 is 11.3 Å². The number of nitrogens with zero attached hydrogens (tertiary/aromatic N) is 3. The second-order valence-electron chi connectivity index (χ2n) is 6.61. The van der Waals surface area contributed by atoms with Gasteiger partial charge in [0.25, 0.3) is 0 Å². The van der Waals surface area contributed by atoms with Gasteiger partial charge in [0.15, 0.2) is 0 Å². The Morgan fingerprint density at radius 3 is 3.04 bits per heavy atom. The first kappa shape index (κ1) is 14.8. The SMILES string of the molecule is Cc1csc([C@@H]2CCCCN2C(=O)[C@@H]2C[C@@H]2c2cccnc2)n1. The molecule has 0 spiro atoms. The van der Waals surface area contributed by atoms with E-state index in [-0.39, 0.29) is 12.0 Å². The van der Waals surface area contributed by atoms with Crippen molar-refractivity contribution < 1.29 is 4.79 Å². The van der Waals surface area contributed by atoms with E-state index in [1.807, 2.05) is 19.2 Å². The maximum atomic E-state index is 13.0. The summed E-state index contributed by atoms with van der Waals surface area (Å²) < 4.78 is 0. The summed E-state index contributed by atoms with van der Waals surface area (Å²) in [6.45, 7) is 2.90. The topological polar surface area (TPSA) is 46.1 Å². The maximum absolute atomic E-state index is 13.0. The highest BCUT2D eigenvalue weighted by Crippen LogP contribution is 2.49. The van der Waals surface area contributed by atoms with Crippen LogP contribution in [-0.2, 0) is 4.79 Å². The third-order valence-electron chi connectivity index (χ3n) is 4.93. The van der Waals surface area contributed by atoms with Gasteiger partial charge in [0.05, 0.1) is 6.04 Å². The lowest BCUT2D eigenvalue weighted by atomic mass is 10.0. The molecule has 2 aliphatic rings. The summed E-state index contributed by atoms with van der Waals surface area (Å²) >= 11 is 1.69. The number of hydrogen-bond donors (Lipinski definition) is 0. The lowest BCUT2D eigenvalue weighted by molar-refractivity contribution is -0.136. The van der Waals surface area contributed by atoms with Crippen LogP contribution < -0.4 is 0 Å². The first-order chi connectivity index (χ1) is 11.2. The highest BCUT2D eigenvalue weighted by atomic mass is 32.1. The van der Waals surface area contributed by atoms with Crippen molar-refractivity contribution in [1.82, 2.24) is 14.9 Å². The van der Waals surface area contributed by atoms with E-state index < -0.39 is 0 Å². The maximum Gasteiger partial charge on any atom is 0.226 e. The Hall–Kier alpha value is -1.75. The molecule has 0 unspecified atom stereocenters. The summed E-state index contributed by atoms with van der Waals surface area (Å²) in [5.41, 5.74) is 2.26. The monoisotopic (exact) mass is 327 g/mol. The molecule has 3 atom stereocenters. The van der Waals surface area contributed by atoms with Gasteiger partial charge in [0.2, 0.25) is 5.91 Å². The predicted molar refractivity (Wildman–Crippen MR) is 90.2 cm³/mol. The summed E-state index contributed by atoms with van der Waals surface area (Å²) in [6.07, 6.45) is 7.98. The van der Waals surface area contributed by atoms with Crippen LogP contribution in [0.25, 0.3) is 0 Å². The van der Waals surface area contributed by atoms with Crippen molar-refractivity contribution in [2.75, 3.05) is 6.54 Å². The predicted octanol–water partition coefficient (Wildman–Crippen LogP) is 3.70. The lowest BCUT2D eigenvalue weighted by Gasteiger charge is -2.35. The number of likely N-dealkylation sites (tertiary alicyclic amines) is 1. The molecule has 3 heterocycles. The average molecular weight is 327 g/mol. The second kappa shape index (κ2) is 6.04. The third kappa shape index (κ3) is 2.90. The van der Waals surface area contributed by atoms with Gasteiger partial charge in [-0.25, -0.2) is 4.98 Å². The van der Waals surface area contributed by atoms with Crippen LogP contribution in [0.1, 0.15) is 53.9 Å². The van der Waals surface area contributed by atoms with E-state index in [2.05, 4.69) is 26.3 Å². The van der Waals surface area contributed by atoms with E-state index in [1.165, 1.54) is 12.0 Å². The molecule has 0 bridgehead atoms. The van der Waals surface area contributed by atoms with Gasteiger partial charge in [-0.3, -0.25) is 9.78 Å². The van der Waals surface area contributed by atoms with Crippen LogP contribution in [0.15, 0.2) is 29.9 Å². The minimum atomic E-state index is 0.140. The molecule has 0 radical (unpaired) electrons. The molecule has 4 nitrogen and oxygen atoms in total. The Morgan fingerprint density at radius 1 is 1.39 bits per heavy atom. The van der Waals surface area contributed by atoms with Gasteiger partial charge in [0.1, 0.15) is 5.01 Å². The molecule has 2 aromatic rings. The lowest BCUT2D eigenvalue weighted by Crippen LogP contribution is -2.39. The van der Waals surface area contributed by atoms with E-state index in [4.69, 9.17) is 0 Å². The molecule has 1 aliphatic heterocycles. The molecule has 120 valence electrons. The molecular weight excluding hydrogens is 306 g/mol. The molecule has 1 saturated carbocycles. The van der Waals surface area contributed by atoms with Crippen LogP contribution in [0.2, 0.25) is 0 Å². The van der Waals surface area contributed by atoms with Gasteiger partial charge >= 0.3 is 0 Å². The van der Waals surface area contributed by atoms with Crippen molar-refractivity contribution >= 4 is 17.2 Å². The van der Waals surface area contributed by atoms with E-state index >= 15 is 0 Å². The number of hydrogen-bond acceptors (Lipinski definition) is 4. The minimum absolute atomic E-state index is 0.140. The van der Waals surface area contributed by atoms with E-state index in [0.717, 1.165) is 36.5 Å². The first-order valence-corrected chi connectivity index (χ1v) is 9.24. The Bertz CT molecular complexity index is 699. The van der Waals surface area contributed by atoms with Crippen LogP contribution in [0.5, 0.6) is 0 Å². The Balaban J connectivity index is 1.51. The Morgan fingerprint density at radius 2 is 2.30 bits per heavy atom. The molecule has 0 N–H and O–H groups in total. The van der Waals surface area contributed by atoms with Gasteiger partial charge in [0, 0.05) is 35.9 Å². The quantitative estimate of drug-likeness (QED) is 0.863. The number of pyridine rings is 1. The fourth-order valence-corrected chi connectivity index (χ4v) is 4.56. The normalized spacial score (nSPS) is 27.0. The van der Waals surface area contributed by atoms with Crippen molar-refractivity contribution in [3.8, 4) is 0 Å². The molecule has 1 amide bonds. The summed E-state index contributed by atoms with van der Waals surface area (Å²) in [5, 5.41) is 3.19. The second-order valence-corrected chi connectivity index (χ2v) is 7.50. The van der Waals surface area contributed by atoms with Crippen LogP contribution in [0.3, 0.4) is 0 Å². The van der Waals surface area contributed by atoms with Crippen LogP contribution in [0, 0.1) is 12.8 Å². The molecule has 4 rings (SSSR count). The van der Waals surface area contributed by atoms with Crippen molar-refractivity contribution in [3.63, 3.8) is 0 Å². The number of piperidine rings is 1. The zero-order valence-electron chi connectivity index (χ0n) is 13.3. The Labute approximate surface area is 140 Å². The highest BCUT2D eigenvalue weighted by Gasteiger charge is 2.47. The van der Waals surface area contributed by atoms with E-state index in [9.17, 15) is 4.79 Å². The summed E-state index contributed by atoms with van der Waals surface area (Å²) in [5.74, 6) is 0.814. The zero-order valence-corrected chi connectivity index (χ0v) is 14.1. The van der Waals surface area contributed by atoms with Gasteiger partial charge < -0.3 is 4.90 Å². The van der Waals surface area contributed by atoms with E-state index in [1.54, 1.807) is 17.5 Å². The third-order valence-corrected chi connectivity index (χ3v) is 5.99. The zero-order chi connectivity index (χ0) is 15.8. The van der Waals surface area contributed by atoms with Crippen molar-refractivity contribution in [3.05, 3.63) is 46.2 Å². The Kier molecular flexibility index (Phi) is 3.89. The van der Waals surface area contributed by atoms with Crippen molar-refractivity contribution in [1.29, 1.82) is 0 Å². The van der Waals surface area contributed by atoms with Crippen molar-refractivity contribution in [2.45, 2.75) is 44.6 Å². The molecule has 1 aliphatic carbocycles. The number of aryl methyl sites for hydroxylation is 1. The molecule has 0 aromatic carbocycles. The summed E-state index contributed by atoms with van der Waals surface area (Å²) in [4.78, 5) is 23.9. The van der Waals surface area contributed by atoms with Gasteiger partial charge in [-0.15, -0.1) is 11.3 Å². The first-order valence-electron chi connectivity index (χ1n) is 8.36. The van der Waals surface area contributed by atoms with Gasteiger partial charge in [-0.1, -0.05) is 6.07 Å². The fraction of sp³-hybridized carbons (Fsp3) is 0.500. The summed E-state index contributed by atoms with van der Waals surface area (Å²) in [7, 11) is 0. The molecular formula is C18H21N3OS. The number of carbonyl (C=O) groups is 1. The van der Waals surface area contributed by atoms with Gasteiger partial charge in [-0.05, 0) is 50.2 Å². The molecule has 23 heavy (non-hydrogen) atoms. The number of thiazole rings is 1. The molecule has 2 aromatic heterocycles. The fourth-order valence-electron chi connectivity index (χ4n) is 3.62. The van der Waals surface area contributed by atoms with Crippen molar-refractivity contribution in [2.24, 2.45) is 5.92 Å². The number of rotatable bonds is 3. The number of amides is 1. The number of carbonyl (C=O) groups excluding carboxylic acids is 1.